The van der Waals surface area contributed by atoms with E-state index in [0.717, 1.165) is 0 Å². The van der Waals surface area contributed by atoms with Crippen LogP contribution in [0, 0.1) is 0 Å². The second kappa shape index (κ2) is 6.32. The number of carbonyl (C=O) groups is 2. The maximum absolute atomic E-state index is 12.2. The molecule has 3 aromatic rings. The smallest absolute Gasteiger partial charge is 0.341 e. The number of aromatic amines is 1. The van der Waals surface area contributed by atoms with Gasteiger partial charge in [-0.25, -0.2) is 9.78 Å². The second-order valence-electron chi connectivity index (χ2n) is 4.80. The van der Waals surface area contributed by atoms with Crippen LogP contribution < -0.4 is 11.1 Å². The van der Waals surface area contributed by atoms with Gasteiger partial charge in [0, 0.05) is 18.0 Å². The molecule has 0 aliphatic carbocycles. The molecule has 0 fully saturated rings. The Morgan fingerprint density at radius 3 is 2.79 bits per heavy atom. The highest BCUT2D eigenvalue weighted by molar-refractivity contribution is 6.08. The van der Waals surface area contributed by atoms with Gasteiger partial charge in [0.25, 0.3) is 5.91 Å². The number of H-pyrrole nitrogens is 1. The van der Waals surface area contributed by atoms with Crippen LogP contribution in [0.15, 0.2) is 30.6 Å². The standard InChI is InChI=1S/C15H14N6O3/c1-2-24-15(23)9-7-10-12(18-11(9)16)20-21-13(10)19-14(22)8-3-5-17-6-4-8/h3-7H,2H2,1H3,(H4,16,18,19,20,21,22). The molecule has 4 N–H and O–H groups in total. The van der Waals surface area contributed by atoms with Crippen LogP contribution in [0.1, 0.15) is 27.6 Å². The maximum atomic E-state index is 12.2. The van der Waals surface area contributed by atoms with E-state index in [-0.39, 0.29) is 29.7 Å². The third-order valence-electron chi connectivity index (χ3n) is 3.25. The molecule has 0 bridgehead atoms. The largest absolute Gasteiger partial charge is 0.462 e. The van der Waals surface area contributed by atoms with Crippen LogP contribution in [-0.4, -0.2) is 38.6 Å². The Morgan fingerprint density at radius 1 is 1.33 bits per heavy atom. The first-order valence-corrected chi connectivity index (χ1v) is 7.13. The zero-order valence-corrected chi connectivity index (χ0v) is 12.7. The Bertz CT molecular complexity index is 906. The third kappa shape index (κ3) is 2.86. The predicted octanol–water partition coefficient (Wildman–Crippen LogP) is 1.36. The van der Waals surface area contributed by atoms with Crippen LogP contribution in [0.5, 0.6) is 0 Å². The molecule has 9 nitrogen and oxygen atoms in total. The lowest BCUT2D eigenvalue weighted by molar-refractivity contribution is 0.0527. The molecule has 0 atom stereocenters. The fourth-order valence-electron chi connectivity index (χ4n) is 2.11. The number of nitrogen functional groups attached to an aromatic ring is 1. The summed E-state index contributed by atoms with van der Waals surface area (Å²) in [4.78, 5) is 32.1. The van der Waals surface area contributed by atoms with E-state index in [1.165, 1.54) is 18.5 Å². The number of ether oxygens (including phenoxy) is 1. The number of rotatable bonds is 4. The maximum Gasteiger partial charge on any atom is 0.341 e. The van der Waals surface area contributed by atoms with E-state index in [9.17, 15) is 9.59 Å². The van der Waals surface area contributed by atoms with Crippen molar-refractivity contribution in [2.24, 2.45) is 0 Å². The summed E-state index contributed by atoms with van der Waals surface area (Å²) in [6.45, 7) is 1.91. The Kier molecular flexibility index (Phi) is 4.06. The van der Waals surface area contributed by atoms with Gasteiger partial charge in [0.05, 0.1) is 12.0 Å². The van der Waals surface area contributed by atoms with E-state index >= 15 is 0 Å². The average Bonchev–Trinajstić information content (AvgIpc) is 2.96. The van der Waals surface area contributed by atoms with Crippen molar-refractivity contribution >= 4 is 34.5 Å². The van der Waals surface area contributed by atoms with Crippen LogP contribution in [-0.2, 0) is 4.74 Å². The van der Waals surface area contributed by atoms with E-state index in [1.54, 1.807) is 19.1 Å². The summed E-state index contributed by atoms with van der Waals surface area (Å²) in [7, 11) is 0. The number of hydrogen-bond acceptors (Lipinski definition) is 7. The topological polar surface area (TPSA) is 136 Å². The summed E-state index contributed by atoms with van der Waals surface area (Å²) >= 11 is 0. The quantitative estimate of drug-likeness (QED) is 0.616. The molecule has 0 unspecified atom stereocenters. The molecule has 24 heavy (non-hydrogen) atoms. The average molecular weight is 326 g/mol. The van der Waals surface area contributed by atoms with E-state index < -0.39 is 5.97 Å². The zero-order valence-electron chi connectivity index (χ0n) is 12.7. The molecule has 1 amide bonds. The highest BCUT2D eigenvalue weighted by Crippen LogP contribution is 2.24. The molecule has 0 spiro atoms. The van der Waals surface area contributed by atoms with Gasteiger partial charge >= 0.3 is 5.97 Å². The lowest BCUT2D eigenvalue weighted by atomic mass is 10.2. The minimum Gasteiger partial charge on any atom is -0.462 e. The lowest BCUT2D eigenvalue weighted by Crippen LogP contribution is -2.13. The summed E-state index contributed by atoms with van der Waals surface area (Å²) in [6.07, 6.45) is 3.03. The molecular weight excluding hydrogens is 312 g/mol. The molecule has 0 saturated carbocycles. The van der Waals surface area contributed by atoms with Crippen molar-refractivity contribution in [3.05, 3.63) is 41.7 Å². The number of nitrogens with one attached hydrogen (secondary N) is 2. The fraction of sp³-hybridized carbons (Fsp3) is 0.133. The van der Waals surface area contributed by atoms with E-state index in [1.807, 2.05) is 0 Å². The SMILES string of the molecule is CCOC(=O)c1cc2c(NC(=O)c3ccncc3)n[nH]c2nc1N. The molecule has 9 heteroatoms. The zero-order chi connectivity index (χ0) is 17.1. The highest BCUT2D eigenvalue weighted by Gasteiger charge is 2.18. The summed E-state index contributed by atoms with van der Waals surface area (Å²) in [6, 6.07) is 4.64. The molecule has 122 valence electrons. The third-order valence-corrected chi connectivity index (χ3v) is 3.25. The Balaban J connectivity index is 1.96. The minimum absolute atomic E-state index is 0.0246. The molecule has 3 heterocycles. The van der Waals surface area contributed by atoms with Crippen molar-refractivity contribution in [1.29, 1.82) is 0 Å². The summed E-state index contributed by atoms with van der Waals surface area (Å²) in [5, 5.41) is 9.78. The van der Waals surface area contributed by atoms with Gasteiger partial charge in [-0.15, -0.1) is 0 Å². The normalized spacial score (nSPS) is 10.5. The van der Waals surface area contributed by atoms with Gasteiger partial charge in [0.2, 0.25) is 0 Å². The first kappa shape index (κ1) is 15.4. The van der Waals surface area contributed by atoms with Crippen LogP contribution >= 0.6 is 0 Å². The minimum atomic E-state index is -0.586. The Labute approximate surface area is 136 Å². The molecular formula is C15H14N6O3. The monoisotopic (exact) mass is 326 g/mol. The Morgan fingerprint density at radius 2 is 2.08 bits per heavy atom. The van der Waals surface area contributed by atoms with E-state index in [4.69, 9.17) is 10.5 Å². The van der Waals surface area contributed by atoms with Crippen molar-refractivity contribution in [2.45, 2.75) is 6.92 Å². The Hall–Kier alpha value is -3.49. The first-order valence-electron chi connectivity index (χ1n) is 7.13. The van der Waals surface area contributed by atoms with Gasteiger partial charge in [-0.1, -0.05) is 0 Å². The molecule has 0 radical (unpaired) electrons. The van der Waals surface area contributed by atoms with Gasteiger partial charge in [-0.05, 0) is 25.1 Å². The van der Waals surface area contributed by atoms with Gasteiger partial charge < -0.3 is 15.8 Å². The van der Waals surface area contributed by atoms with Crippen molar-refractivity contribution in [1.82, 2.24) is 20.2 Å². The molecule has 0 saturated heterocycles. The molecule has 0 aliphatic rings. The van der Waals surface area contributed by atoms with Crippen LogP contribution in [0.25, 0.3) is 11.0 Å². The van der Waals surface area contributed by atoms with Crippen molar-refractivity contribution < 1.29 is 14.3 Å². The van der Waals surface area contributed by atoms with Crippen molar-refractivity contribution in [3.63, 3.8) is 0 Å². The number of nitrogens with two attached hydrogens (primary N) is 1. The van der Waals surface area contributed by atoms with Crippen LogP contribution in [0.3, 0.4) is 0 Å². The molecule has 3 rings (SSSR count). The molecule has 0 aliphatic heterocycles. The molecule has 3 aromatic heterocycles. The number of esters is 1. The van der Waals surface area contributed by atoms with Crippen molar-refractivity contribution in [3.8, 4) is 0 Å². The molecule has 0 aromatic carbocycles. The predicted molar refractivity (Wildman–Crippen MR) is 86.4 cm³/mol. The number of aromatic nitrogens is 4. The van der Waals surface area contributed by atoms with Crippen molar-refractivity contribution in [2.75, 3.05) is 17.7 Å². The number of fused-ring (bicyclic) bond motifs is 1. The van der Waals surface area contributed by atoms with Gasteiger partial charge in [-0.3, -0.25) is 14.9 Å². The fourth-order valence-corrected chi connectivity index (χ4v) is 2.11. The highest BCUT2D eigenvalue weighted by atomic mass is 16.5. The summed E-state index contributed by atoms with van der Waals surface area (Å²) < 4.78 is 4.94. The number of amides is 1. The van der Waals surface area contributed by atoms with E-state index in [0.29, 0.717) is 16.6 Å². The lowest BCUT2D eigenvalue weighted by Gasteiger charge is -2.05. The number of nitrogens with zero attached hydrogens (tertiary/aromatic N) is 3. The summed E-state index contributed by atoms with van der Waals surface area (Å²) in [5.41, 5.74) is 6.66. The van der Waals surface area contributed by atoms with E-state index in [2.05, 4.69) is 25.5 Å². The van der Waals surface area contributed by atoms with Crippen LogP contribution in [0.2, 0.25) is 0 Å². The summed E-state index contributed by atoms with van der Waals surface area (Å²) in [5.74, 6) is -0.682. The first-order chi connectivity index (χ1) is 11.6. The number of anilines is 2. The van der Waals surface area contributed by atoms with Crippen LogP contribution in [0.4, 0.5) is 11.6 Å². The number of hydrogen-bond donors (Lipinski definition) is 3. The van der Waals surface area contributed by atoms with Gasteiger partial charge in [0.15, 0.2) is 11.5 Å². The van der Waals surface area contributed by atoms with Gasteiger partial charge in [0.1, 0.15) is 11.4 Å². The second-order valence-corrected chi connectivity index (χ2v) is 4.80. The number of carbonyl (C=O) groups excluding carboxylic acids is 2. The number of pyridine rings is 2. The van der Waals surface area contributed by atoms with Gasteiger partial charge in [-0.2, -0.15) is 5.10 Å².